The van der Waals surface area contributed by atoms with Crippen molar-refractivity contribution in [3.8, 4) is 0 Å². The summed E-state index contributed by atoms with van der Waals surface area (Å²) in [5, 5.41) is 10.1. The third kappa shape index (κ3) is 2.55. The molecule has 0 unspecified atom stereocenters. The number of nitrogens with zero attached hydrogens (tertiary/aromatic N) is 1. The molecule has 0 spiro atoms. The second kappa shape index (κ2) is 4.40. The molecule has 1 aromatic rings. The second-order valence-corrected chi connectivity index (χ2v) is 1.99. The van der Waals surface area contributed by atoms with Gasteiger partial charge in [-0.1, -0.05) is 11.6 Å². The Morgan fingerprint density at radius 2 is 2.27 bits per heavy atom. The molecule has 0 aliphatic rings. The average Bonchev–Trinajstić information content (AvgIpc) is 1.88. The molecule has 0 fully saturated rings. The maximum atomic E-state index is 10.2. The van der Waals surface area contributed by atoms with Crippen LogP contribution in [0.3, 0.4) is 0 Å². The molecule has 1 rings (SSSR count). The number of pyridine rings is 1. The minimum absolute atomic E-state index is 0. The summed E-state index contributed by atoms with van der Waals surface area (Å²) < 4.78 is 0. The fourth-order valence-electron chi connectivity index (χ4n) is 0.538. The van der Waals surface area contributed by atoms with Gasteiger partial charge in [-0.15, -0.1) is 0 Å². The van der Waals surface area contributed by atoms with Crippen LogP contribution in [0.5, 0.6) is 0 Å². The first-order valence-corrected chi connectivity index (χ1v) is 2.91. The molecule has 0 saturated heterocycles. The van der Waals surface area contributed by atoms with Crippen molar-refractivity contribution in [1.82, 2.24) is 4.98 Å². The number of hydrogen-bond acceptors (Lipinski definition) is 3. The summed E-state index contributed by atoms with van der Waals surface area (Å²) in [5.41, 5.74) is -0.0795. The first-order valence-electron chi connectivity index (χ1n) is 2.53. The van der Waals surface area contributed by atoms with Gasteiger partial charge in [0, 0.05) is 11.8 Å². The van der Waals surface area contributed by atoms with Crippen LogP contribution in [-0.4, -0.2) is 11.0 Å². The molecule has 0 saturated carbocycles. The van der Waals surface area contributed by atoms with E-state index in [2.05, 4.69) is 4.98 Å². The number of halogens is 1. The van der Waals surface area contributed by atoms with E-state index in [-0.39, 0.29) is 29.6 Å². The van der Waals surface area contributed by atoms with Gasteiger partial charge in [-0.2, -0.15) is 0 Å². The van der Waals surface area contributed by atoms with Crippen molar-refractivity contribution in [3.05, 3.63) is 29.0 Å². The predicted molar refractivity (Wildman–Crippen MR) is 33.6 cm³/mol. The van der Waals surface area contributed by atoms with E-state index in [4.69, 9.17) is 11.6 Å². The molecule has 0 aromatic carbocycles. The van der Waals surface area contributed by atoms with Gasteiger partial charge in [-0.05, 0) is 12.1 Å². The number of rotatable bonds is 1. The number of hydrogen-bond donors (Lipinski definition) is 0. The quantitative estimate of drug-likeness (QED) is 0.330. The molecule has 0 aliphatic heterocycles. The number of carboxylic acids is 1. The Morgan fingerprint density at radius 3 is 2.64 bits per heavy atom. The monoisotopic (exact) mass is 163 g/mol. The zero-order chi connectivity index (χ0) is 7.56. The van der Waals surface area contributed by atoms with Crippen LogP contribution in [0.25, 0.3) is 0 Å². The molecule has 0 radical (unpaired) electrons. The number of carbonyl (C=O) groups is 1. The number of aromatic nitrogens is 1. The predicted octanol–water partition coefficient (Wildman–Crippen LogP) is -2.90. The van der Waals surface area contributed by atoms with Gasteiger partial charge in [-0.25, -0.2) is 4.98 Å². The maximum Gasteiger partial charge on any atom is 1.00 e. The Labute approximate surface area is 80.6 Å². The summed E-state index contributed by atoms with van der Waals surface area (Å²) in [6.07, 6.45) is 1.41. The second-order valence-electron chi connectivity index (χ2n) is 1.63. The first kappa shape index (κ1) is 10.5. The molecule has 0 bridgehead atoms. The van der Waals surface area contributed by atoms with Crippen LogP contribution >= 0.6 is 11.6 Å². The molecule has 5 heteroatoms. The van der Waals surface area contributed by atoms with Crippen molar-refractivity contribution in [2.45, 2.75) is 0 Å². The van der Waals surface area contributed by atoms with Crippen molar-refractivity contribution in [3.63, 3.8) is 0 Å². The third-order valence-corrected chi connectivity index (χ3v) is 1.28. The van der Waals surface area contributed by atoms with Gasteiger partial charge in [0.15, 0.2) is 0 Å². The van der Waals surface area contributed by atoms with Crippen molar-refractivity contribution in [2.24, 2.45) is 0 Å². The van der Waals surface area contributed by atoms with E-state index in [0.29, 0.717) is 0 Å². The van der Waals surface area contributed by atoms with Gasteiger partial charge in [0.2, 0.25) is 0 Å². The maximum absolute atomic E-state index is 10.2. The molecule has 0 aliphatic carbocycles. The van der Waals surface area contributed by atoms with Crippen molar-refractivity contribution in [2.75, 3.05) is 0 Å². The fourth-order valence-corrected chi connectivity index (χ4v) is 0.735. The van der Waals surface area contributed by atoms with Gasteiger partial charge in [0.05, 0.1) is 5.97 Å². The standard InChI is InChI=1S/C6H4ClNO2.Li/c7-5-4(6(9)10)2-1-3-8-5;/h1-3H,(H,9,10);/q;+1/p-1. The van der Waals surface area contributed by atoms with E-state index in [1.165, 1.54) is 18.3 Å². The molecule has 1 aromatic heterocycles. The zero-order valence-corrected chi connectivity index (χ0v) is 6.63. The van der Waals surface area contributed by atoms with E-state index in [0.717, 1.165) is 0 Å². The number of aromatic carboxylic acids is 1. The Hall–Kier alpha value is -0.493. The minimum atomic E-state index is -1.31. The minimum Gasteiger partial charge on any atom is -0.545 e. The van der Waals surface area contributed by atoms with Gasteiger partial charge >= 0.3 is 18.9 Å². The van der Waals surface area contributed by atoms with Crippen LogP contribution in [0.2, 0.25) is 5.15 Å². The van der Waals surface area contributed by atoms with E-state index in [1.54, 1.807) is 0 Å². The van der Waals surface area contributed by atoms with Gasteiger partial charge in [-0.3, -0.25) is 0 Å². The van der Waals surface area contributed by atoms with Crippen LogP contribution in [0.15, 0.2) is 18.3 Å². The summed E-state index contributed by atoms with van der Waals surface area (Å²) in [6, 6.07) is 2.82. The summed E-state index contributed by atoms with van der Waals surface area (Å²) in [4.78, 5) is 13.7. The molecule has 11 heavy (non-hydrogen) atoms. The summed E-state index contributed by atoms with van der Waals surface area (Å²) in [6.45, 7) is 0. The van der Waals surface area contributed by atoms with Crippen LogP contribution in [0.1, 0.15) is 10.4 Å². The SMILES string of the molecule is O=C([O-])c1cccnc1Cl.[Li+]. The number of carbonyl (C=O) groups excluding carboxylic acids is 1. The van der Waals surface area contributed by atoms with Gasteiger partial charge in [0.25, 0.3) is 0 Å². The summed E-state index contributed by atoms with van der Waals surface area (Å²) in [7, 11) is 0. The largest absolute Gasteiger partial charge is 1.00 e. The van der Waals surface area contributed by atoms with E-state index >= 15 is 0 Å². The van der Waals surface area contributed by atoms with Gasteiger partial charge in [0.1, 0.15) is 5.15 Å². The van der Waals surface area contributed by atoms with Gasteiger partial charge < -0.3 is 9.90 Å². The Kier molecular flexibility index (Phi) is 4.20. The molecule has 0 atom stereocenters. The van der Waals surface area contributed by atoms with E-state index in [9.17, 15) is 9.90 Å². The first-order chi connectivity index (χ1) is 4.72. The van der Waals surface area contributed by atoms with Crippen molar-refractivity contribution < 1.29 is 28.8 Å². The summed E-state index contributed by atoms with van der Waals surface area (Å²) >= 11 is 5.39. The molecule has 52 valence electrons. The number of carboxylic acid groups (broad SMARTS) is 1. The van der Waals surface area contributed by atoms with Crippen LogP contribution in [0, 0.1) is 0 Å². The Bertz CT molecular complexity index is 267. The summed E-state index contributed by atoms with van der Waals surface area (Å²) in [5.74, 6) is -1.31. The van der Waals surface area contributed by atoms with Crippen molar-refractivity contribution >= 4 is 17.6 Å². The average molecular weight is 163 g/mol. The van der Waals surface area contributed by atoms with E-state index in [1.807, 2.05) is 0 Å². The van der Waals surface area contributed by atoms with Crippen LogP contribution in [0.4, 0.5) is 0 Å². The van der Waals surface area contributed by atoms with Crippen LogP contribution < -0.4 is 24.0 Å². The fraction of sp³-hybridized carbons (Fsp3) is 0. The molecule has 0 N–H and O–H groups in total. The molecular weight excluding hydrogens is 160 g/mol. The van der Waals surface area contributed by atoms with Crippen molar-refractivity contribution in [1.29, 1.82) is 0 Å². The third-order valence-electron chi connectivity index (χ3n) is 0.979. The molecule has 1 heterocycles. The Morgan fingerprint density at radius 1 is 1.64 bits per heavy atom. The molecule has 0 amide bonds. The van der Waals surface area contributed by atoms with Crippen LogP contribution in [-0.2, 0) is 0 Å². The molecule has 3 nitrogen and oxygen atoms in total. The molecular formula is C6H3ClLiNO2. The smallest absolute Gasteiger partial charge is 0.545 e. The topological polar surface area (TPSA) is 53.0 Å². The normalized spacial score (nSPS) is 8.45. The zero-order valence-electron chi connectivity index (χ0n) is 5.87. The van der Waals surface area contributed by atoms with E-state index < -0.39 is 5.97 Å². The Balaban J connectivity index is 0.000001000.